The van der Waals surface area contributed by atoms with Gasteiger partial charge in [0.25, 0.3) is 0 Å². The van der Waals surface area contributed by atoms with Crippen molar-refractivity contribution in [3.8, 4) is 5.75 Å². The van der Waals surface area contributed by atoms with Crippen molar-refractivity contribution in [2.75, 3.05) is 17.8 Å². The number of nitrogens with zero attached hydrogens (tertiary/aromatic N) is 1. The number of benzene rings is 2. The van der Waals surface area contributed by atoms with Gasteiger partial charge < -0.3 is 4.74 Å². The average Bonchev–Trinajstić information content (AvgIpc) is 2.95. The van der Waals surface area contributed by atoms with Crippen molar-refractivity contribution in [3.63, 3.8) is 0 Å². The summed E-state index contributed by atoms with van der Waals surface area (Å²) in [7, 11) is 1.58. The Bertz CT molecular complexity index is 783. The first-order chi connectivity index (χ1) is 11.8. The fourth-order valence-electron chi connectivity index (χ4n) is 2.90. The second kappa shape index (κ2) is 6.93. The summed E-state index contributed by atoms with van der Waals surface area (Å²) < 4.78 is 5.21. The molecule has 0 aliphatic carbocycles. The van der Waals surface area contributed by atoms with E-state index in [2.05, 4.69) is 45.0 Å². The van der Waals surface area contributed by atoms with E-state index in [4.69, 9.17) is 16.3 Å². The molecule has 2 aromatic rings. The van der Waals surface area contributed by atoms with Crippen molar-refractivity contribution in [2.24, 2.45) is 0 Å². The number of anilines is 1. The van der Waals surface area contributed by atoms with E-state index in [1.54, 1.807) is 31.0 Å². The average molecular weight is 376 g/mol. The van der Waals surface area contributed by atoms with Crippen molar-refractivity contribution in [3.05, 3.63) is 58.6 Å². The maximum atomic E-state index is 12.5. The molecule has 3 nitrogen and oxygen atoms in total. The Balaban J connectivity index is 1.93. The van der Waals surface area contributed by atoms with Gasteiger partial charge in [0.2, 0.25) is 5.91 Å². The van der Waals surface area contributed by atoms with Gasteiger partial charge in [-0.3, -0.25) is 9.69 Å². The van der Waals surface area contributed by atoms with Gasteiger partial charge in [-0.05, 0) is 34.7 Å². The molecule has 0 bridgehead atoms. The lowest BCUT2D eigenvalue weighted by atomic mass is 9.86. The Morgan fingerprint density at radius 3 is 2.40 bits per heavy atom. The van der Waals surface area contributed by atoms with E-state index in [1.807, 2.05) is 11.0 Å². The topological polar surface area (TPSA) is 29.5 Å². The van der Waals surface area contributed by atoms with Crippen molar-refractivity contribution >= 4 is 35.0 Å². The highest BCUT2D eigenvalue weighted by molar-refractivity contribution is 8.00. The molecular weight excluding hydrogens is 354 g/mol. The van der Waals surface area contributed by atoms with Crippen molar-refractivity contribution in [1.82, 2.24) is 0 Å². The lowest BCUT2D eigenvalue weighted by Crippen LogP contribution is -2.27. The normalized spacial score (nSPS) is 17.9. The molecule has 0 N–H and O–H groups in total. The van der Waals surface area contributed by atoms with Gasteiger partial charge in [-0.25, -0.2) is 0 Å². The largest absolute Gasteiger partial charge is 0.495 e. The van der Waals surface area contributed by atoms with Gasteiger partial charge in [0.1, 0.15) is 11.1 Å². The molecular formula is C20H22ClNO2S. The smallest absolute Gasteiger partial charge is 0.238 e. The molecule has 1 saturated heterocycles. The zero-order chi connectivity index (χ0) is 18.2. The summed E-state index contributed by atoms with van der Waals surface area (Å²) in [5.41, 5.74) is 3.31. The maximum Gasteiger partial charge on any atom is 0.238 e. The van der Waals surface area contributed by atoms with Crippen LogP contribution in [0.5, 0.6) is 5.75 Å². The molecule has 1 aliphatic rings. The number of carbonyl (C=O) groups is 1. The summed E-state index contributed by atoms with van der Waals surface area (Å²) >= 11 is 7.89. The van der Waals surface area contributed by atoms with Gasteiger partial charge in [-0.2, -0.15) is 0 Å². The summed E-state index contributed by atoms with van der Waals surface area (Å²) in [6.45, 7) is 6.59. The van der Waals surface area contributed by atoms with Crippen LogP contribution in [0.2, 0.25) is 5.02 Å². The SMILES string of the molecule is COc1ccc(N2C(=O)CS[C@@H]2c2ccc(C(C)(C)C)cc2)cc1Cl. The monoisotopic (exact) mass is 375 g/mol. The predicted octanol–water partition coefficient (Wildman–Crippen LogP) is 5.42. The highest BCUT2D eigenvalue weighted by atomic mass is 35.5. The van der Waals surface area contributed by atoms with E-state index in [0.717, 1.165) is 11.3 Å². The van der Waals surface area contributed by atoms with Crippen LogP contribution in [0.3, 0.4) is 0 Å². The zero-order valence-corrected chi connectivity index (χ0v) is 16.4. The minimum absolute atomic E-state index is 0.0361. The molecule has 3 rings (SSSR count). The molecule has 1 heterocycles. The molecule has 0 saturated carbocycles. The Morgan fingerprint density at radius 1 is 1.16 bits per heavy atom. The number of hydrogen-bond acceptors (Lipinski definition) is 3. The molecule has 1 fully saturated rings. The molecule has 25 heavy (non-hydrogen) atoms. The number of ether oxygens (including phenoxy) is 1. The third-order valence-corrected chi connectivity index (χ3v) is 5.85. The standard InChI is InChI=1S/C20H22ClNO2S/c1-20(2,3)14-7-5-13(6-8-14)19-22(18(23)12-25-19)15-9-10-17(24-4)16(21)11-15/h5-11,19H,12H2,1-4H3/t19-/m1/s1. The Morgan fingerprint density at radius 2 is 1.84 bits per heavy atom. The van der Waals surface area contributed by atoms with Gasteiger partial charge in [0.15, 0.2) is 0 Å². The number of halogens is 1. The van der Waals surface area contributed by atoms with Gasteiger partial charge in [-0.1, -0.05) is 56.6 Å². The fraction of sp³-hybridized carbons (Fsp3) is 0.350. The van der Waals surface area contributed by atoms with Gasteiger partial charge in [0, 0.05) is 5.69 Å². The second-order valence-corrected chi connectivity index (χ2v) is 8.59. The van der Waals surface area contributed by atoms with Crippen LogP contribution >= 0.6 is 23.4 Å². The molecule has 1 atom stereocenters. The number of thioether (sulfide) groups is 1. The first kappa shape index (κ1) is 18.2. The lowest BCUT2D eigenvalue weighted by Gasteiger charge is -2.26. The third-order valence-electron chi connectivity index (χ3n) is 4.34. The molecule has 0 spiro atoms. The van der Waals surface area contributed by atoms with Crippen molar-refractivity contribution in [2.45, 2.75) is 31.6 Å². The summed E-state index contributed by atoms with van der Waals surface area (Å²) in [5, 5.41) is 0.470. The van der Waals surface area contributed by atoms with Gasteiger partial charge in [-0.15, -0.1) is 11.8 Å². The second-order valence-electron chi connectivity index (χ2n) is 7.12. The minimum atomic E-state index is -0.0361. The van der Waals surface area contributed by atoms with Crippen LogP contribution in [0.15, 0.2) is 42.5 Å². The molecule has 2 aromatic carbocycles. The van der Waals surface area contributed by atoms with E-state index >= 15 is 0 Å². The summed E-state index contributed by atoms with van der Waals surface area (Å²) in [5.74, 6) is 1.17. The van der Waals surface area contributed by atoms with Crippen LogP contribution in [-0.2, 0) is 10.2 Å². The minimum Gasteiger partial charge on any atom is -0.495 e. The highest BCUT2D eigenvalue weighted by Gasteiger charge is 2.34. The summed E-state index contributed by atoms with van der Waals surface area (Å²) in [6.07, 6.45) is 0. The maximum absolute atomic E-state index is 12.5. The van der Waals surface area contributed by atoms with Crippen LogP contribution in [0.4, 0.5) is 5.69 Å². The molecule has 0 aromatic heterocycles. The van der Waals surface area contributed by atoms with E-state index in [0.29, 0.717) is 16.5 Å². The molecule has 0 radical (unpaired) electrons. The van der Waals surface area contributed by atoms with E-state index in [-0.39, 0.29) is 16.7 Å². The van der Waals surface area contributed by atoms with Crippen LogP contribution in [0.25, 0.3) is 0 Å². The molecule has 1 aliphatic heterocycles. The Labute approximate surface area is 158 Å². The third kappa shape index (κ3) is 3.65. The molecule has 132 valence electrons. The number of methoxy groups -OCH3 is 1. The molecule has 0 unspecified atom stereocenters. The fourth-order valence-corrected chi connectivity index (χ4v) is 4.33. The summed E-state index contributed by atoms with van der Waals surface area (Å²) in [4.78, 5) is 14.3. The zero-order valence-electron chi connectivity index (χ0n) is 14.9. The Kier molecular flexibility index (Phi) is 5.03. The first-order valence-electron chi connectivity index (χ1n) is 8.19. The van der Waals surface area contributed by atoms with Crippen LogP contribution in [-0.4, -0.2) is 18.8 Å². The first-order valence-corrected chi connectivity index (χ1v) is 9.61. The summed E-state index contributed by atoms with van der Waals surface area (Å²) in [6, 6.07) is 14.0. The Hall–Kier alpha value is -1.65. The van der Waals surface area contributed by atoms with Crippen molar-refractivity contribution in [1.29, 1.82) is 0 Å². The highest BCUT2D eigenvalue weighted by Crippen LogP contribution is 2.43. The van der Waals surface area contributed by atoms with E-state index in [1.165, 1.54) is 5.56 Å². The quantitative estimate of drug-likeness (QED) is 0.716. The van der Waals surface area contributed by atoms with Gasteiger partial charge >= 0.3 is 0 Å². The predicted molar refractivity (Wildman–Crippen MR) is 106 cm³/mol. The van der Waals surface area contributed by atoms with Crippen molar-refractivity contribution < 1.29 is 9.53 Å². The van der Waals surface area contributed by atoms with Crippen LogP contribution in [0, 0.1) is 0 Å². The van der Waals surface area contributed by atoms with Crippen LogP contribution in [0.1, 0.15) is 37.3 Å². The number of carbonyl (C=O) groups excluding carboxylic acids is 1. The van der Waals surface area contributed by atoms with E-state index in [9.17, 15) is 4.79 Å². The number of hydrogen-bond donors (Lipinski definition) is 0. The van der Waals surface area contributed by atoms with Gasteiger partial charge in [0.05, 0.1) is 17.9 Å². The number of amides is 1. The number of rotatable bonds is 3. The van der Waals surface area contributed by atoms with Crippen LogP contribution < -0.4 is 9.64 Å². The lowest BCUT2D eigenvalue weighted by molar-refractivity contribution is -0.115. The molecule has 5 heteroatoms. The molecule has 1 amide bonds. The van der Waals surface area contributed by atoms with E-state index < -0.39 is 0 Å².